The summed E-state index contributed by atoms with van der Waals surface area (Å²) in [5, 5.41) is 4.31. The highest BCUT2D eigenvalue weighted by molar-refractivity contribution is 6.00. The van der Waals surface area contributed by atoms with Gasteiger partial charge >= 0.3 is 0 Å². The van der Waals surface area contributed by atoms with E-state index < -0.39 is 0 Å². The smallest absolute Gasteiger partial charge is 0.159 e. The highest BCUT2D eigenvalue weighted by Gasteiger charge is 2.24. The van der Waals surface area contributed by atoms with E-state index in [0.717, 1.165) is 45.5 Å². The van der Waals surface area contributed by atoms with Gasteiger partial charge in [0.2, 0.25) is 0 Å². The van der Waals surface area contributed by atoms with E-state index in [1.165, 1.54) is 0 Å². The molecule has 0 radical (unpaired) electrons. The predicted molar refractivity (Wildman–Crippen MR) is 128 cm³/mol. The molecule has 3 N–H and O–H groups in total. The minimum absolute atomic E-state index is 0.0668. The molecule has 0 spiro atoms. The van der Waals surface area contributed by atoms with E-state index in [-0.39, 0.29) is 5.54 Å². The van der Waals surface area contributed by atoms with Gasteiger partial charge in [0.15, 0.2) is 5.82 Å². The van der Waals surface area contributed by atoms with Gasteiger partial charge in [-0.1, -0.05) is 36.1 Å². The minimum Gasteiger partial charge on any atom is -0.384 e. The second-order valence-corrected chi connectivity index (χ2v) is 8.35. The van der Waals surface area contributed by atoms with E-state index in [2.05, 4.69) is 46.0 Å². The lowest BCUT2D eigenvalue weighted by Crippen LogP contribution is -2.26. The van der Waals surface area contributed by atoms with E-state index in [9.17, 15) is 0 Å². The van der Waals surface area contributed by atoms with Crippen molar-refractivity contribution in [1.82, 2.24) is 20.3 Å². The van der Waals surface area contributed by atoms with Gasteiger partial charge in [0, 0.05) is 46.6 Å². The number of aliphatic imine (C=N–C) groups is 1. The van der Waals surface area contributed by atoms with E-state index in [1.54, 1.807) is 18.5 Å². The molecule has 32 heavy (non-hydrogen) atoms. The fraction of sp³-hybridized carbons (Fsp3) is 0.154. The summed E-state index contributed by atoms with van der Waals surface area (Å²) in [6.45, 7) is 5.08. The van der Waals surface area contributed by atoms with Crippen LogP contribution in [0.3, 0.4) is 0 Å². The second-order valence-electron chi connectivity index (χ2n) is 8.35. The lowest BCUT2D eigenvalue weighted by atomic mass is 10.1. The maximum absolute atomic E-state index is 6.06. The van der Waals surface area contributed by atoms with Gasteiger partial charge in [-0.05, 0) is 44.2 Å². The Morgan fingerprint density at radius 3 is 2.41 bits per heavy atom. The number of anilines is 1. The molecule has 0 fully saturated rings. The summed E-state index contributed by atoms with van der Waals surface area (Å²) in [7, 11) is 0. The SMILES string of the molecule is CC1(C)CNC(c2ccc(C#Cc3cc(N)nc4cc(-c5ncccn5)ccc34)cc2)=N1. The number of fused-ring (bicyclic) bond motifs is 1. The number of nitrogens with one attached hydrogen (secondary N) is 1. The van der Waals surface area contributed by atoms with Crippen molar-refractivity contribution in [3.8, 4) is 23.2 Å². The fourth-order valence-electron chi connectivity index (χ4n) is 3.64. The molecule has 3 heterocycles. The number of pyridine rings is 1. The average Bonchev–Trinajstić information content (AvgIpc) is 3.17. The maximum Gasteiger partial charge on any atom is 0.159 e. The lowest BCUT2D eigenvalue weighted by molar-refractivity contribution is 0.549. The van der Waals surface area contributed by atoms with Crippen LogP contribution in [-0.2, 0) is 0 Å². The van der Waals surface area contributed by atoms with Crippen LogP contribution in [0, 0.1) is 11.8 Å². The molecule has 0 amide bonds. The normalized spacial score (nSPS) is 14.4. The molecule has 0 saturated heterocycles. The molecule has 6 nitrogen and oxygen atoms in total. The largest absolute Gasteiger partial charge is 0.384 e. The number of nitrogens with two attached hydrogens (primary N) is 1. The molecule has 0 unspecified atom stereocenters. The zero-order valence-corrected chi connectivity index (χ0v) is 17.9. The van der Waals surface area contributed by atoms with Crippen molar-refractivity contribution in [3.63, 3.8) is 0 Å². The van der Waals surface area contributed by atoms with Gasteiger partial charge in [0.05, 0.1) is 11.1 Å². The van der Waals surface area contributed by atoms with Crippen LogP contribution in [0.4, 0.5) is 5.82 Å². The number of benzene rings is 2. The molecular weight excluding hydrogens is 396 g/mol. The summed E-state index contributed by atoms with van der Waals surface area (Å²) >= 11 is 0. The van der Waals surface area contributed by atoms with Gasteiger partial charge < -0.3 is 11.1 Å². The Morgan fingerprint density at radius 2 is 1.69 bits per heavy atom. The molecule has 4 aromatic rings. The molecule has 0 atom stereocenters. The van der Waals surface area contributed by atoms with Crippen molar-refractivity contribution in [2.45, 2.75) is 19.4 Å². The Bertz CT molecular complexity index is 1390. The minimum atomic E-state index is -0.0668. The Morgan fingerprint density at radius 1 is 0.938 bits per heavy atom. The Balaban J connectivity index is 1.46. The highest BCUT2D eigenvalue weighted by Crippen LogP contribution is 2.24. The van der Waals surface area contributed by atoms with Crippen LogP contribution in [0.1, 0.15) is 30.5 Å². The monoisotopic (exact) mass is 418 g/mol. The molecule has 0 bridgehead atoms. The summed E-state index contributed by atoms with van der Waals surface area (Å²) in [6, 6.07) is 17.6. The van der Waals surface area contributed by atoms with Gasteiger partial charge in [0.1, 0.15) is 11.7 Å². The molecule has 5 rings (SSSR count). The van der Waals surface area contributed by atoms with Crippen molar-refractivity contribution < 1.29 is 0 Å². The molecule has 0 aliphatic carbocycles. The zero-order chi connectivity index (χ0) is 22.1. The molecule has 2 aromatic heterocycles. The zero-order valence-electron chi connectivity index (χ0n) is 17.9. The van der Waals surface area contributed by atoms with Crippen LogP contribution in [0.2, 0.25) is 0 Å². The number of nitrogen functional groups attached to an aromatic ring is 1. The number of rotatable bonds is 2. The van der Waals surface area contributed by atoms with Crippen molar-refractivity contribution in [2.75, 3.05) is 12.3 Å². The fourth-order valence-corrected chi connectivity index (χ4v) is 3.64. The first kappa shape index (κ1) is 19.7. The third kappa shape index (κ3) is 4.01. The first-order chi connectivity index (χ1) is 15.5. The van der Waals surface area contributed by atoms with Crippen LogP contribution in [0.15, 0.2) is 72.0 Å². The number of hydrogen-bond donors (Lipinski definition) is 2. The maximum atomic E-state index is 6.06. The molecule has 1 aliphatic heterocycles. The van der Waals surface area contributed by atoms with Gasteiger partial charge in [-0.15, -0.1) is 0 Å². The molecule has 156 valence electrons. The predicted octanol–water partition coefficient (Wildman–Crippen LogP) is 3.80. The van der Waals surface area contributed by atoms with E-state index in [1.807, 2.05) is 48.5 Å². The average molecular weight is 419 g/mol. The molecule has 6 heteroatoms. The second kappa shape index (κ2) is 7.78. The van der Waals surface area contributed by atoms with E-state index >= 15 is 0 Å². The summed E-state index contributed by atoms with van der Waals surface area (Å²) in [6.07, 6.45) is 3.44. The Labute approximate surface area is 186 Å². The molecule has 0 saturated carbocycles. The van der Waals surface area contributed by atoms with Crippen LogP contribution < -0.4 is 11.1 Å². The van der Waals surface area contributed by atoms with Gasteiger partial charge in [-0.3, -0.25) is 4.99 Å². The van der Waals surface area contributed by atoms with Crippen LogP contribution in [0.25, 0.3) is 22.3 Å². The van der Waals surface area contributed by atoms with Gasteiger partial charge in [0.25, 0.3) is 0 Å². The summed E-state index contributed by atoms with van der Waals surface area (Å²) < 4.78 is 0. The van der Waals surface area contributed by atoms with Crippen molar-refractivity contribution >= 4 is 22.6 Å². The first-order valence-corrected chi connectivity index (χ1v) is 10.4. The standard InChI is InChI=1S/C26H22N6/c1-26(2)16-30-25(32-26)18-7-4-17(5-8-18)6-9-19-15-23(27)31-22-14-20(10-11-21(19)22)24-28-12-3-13-29-24/h3-5,7-8,10-15H,16H2,1-2H3,(H2,27,31)(H,30,32). The van der Waals surface area contributed by atoms with Crippen LogP contribution in [-0.4, -0.2) is 32.9 Å². The quantitative estimate of drug-likeness (QED) is 0.483. The first-order valence-electron chi connectivity index (χ1n) is 10.4. The van der Waals surface area contributed by atoms with E-state index in [0.29, 0.717) is 11.6 Å². The molecule has 1 aliphatic rings. The van der Waals surface area contributed by atoms with Crippen molar-refractivity contribution in [1.29, 1.82) is 0 Å². The van der Waals surface area contributed by atoms with Crippen molar-refractivity contribution in [3.05, 3.63) is 83.7 Å². The number of amidine groups is 1. The van der Waals surface area contributed by atoms with Gasteiger partial charge in [-0.25, -0.2) is 15.0 Å². The number of nitrogens with zero attached hydrogens (tertiary/aromatic N) is 4. The van der Waals surface area contributed by atoms with Crippen LogP contribution in [0.5, 0.6) is 0 Å². The summed E-state index contributed by atoms with van der Waals surface area (Å²) in [5.41, 5.74) is 10.5. The summed E-state index contributed by atoms with van der Waals surface area (Å²) in [4.78, 5) is 17.8. The third-order valence-corrected chi connectivity index (χ3v) is 5.26. The highest BCUT2D eigenvalue weighted by atomic mass is 15.1. The molecular formula is C26H22N6. The third-order valence-electron chi connectivity index (χ3n) is 5.26. The lowest BCUT2D eigenvalue weighted by Gasteiger charge is -2.09. The molecule has 2 aromatic carbocycles. The Hall–Kier alpha value is -4.24. The van der Waals surface area contributed by atoms with E-state index in [4.69, 9.17) is 10.7 Å². The van der Waals surface area contributed by atoms with Crippen LogP contribution >= 0.6 is 0 Å². The van der Waals surface area contributed by atoms with Gasteiger partial charge in [-0.2, -0.15) is 0 Å². The topological polar surface area (TPSA) is 89.1 Å². The Kier molecular flexibility index (Phi) is 4.79. The number of aromatic nitrogens is 3. The summed E-state index contributed by atoms with van der Waals surface area (Å²) in [5.74, 6) is 8.51. The van der Waals surface area contributed by atoms with Crippen molar-refractivity contribution in [2.24, 2.45) is 4.99 Å². The number of hydrogen-bond acceptors (Lipinski definition) is 6.